The van der Waals surface area contributed by atoms with Gasteiger partial charge in [0, 0.05) is 25.2 Å². The first-order chi connectivity index (χ1) is 9.63. The van der Waals surface area contributed by atoms with E-state index in [1.807, 2.05) is 6.07 Å². The van der Waals surface area contributed by atoms with Crippen LogP contribution in [0.2, 0.25) is 0 Å². The van der Waals surface area contributed by atoms with Gasteiger partial charge in [-0.05, 0) is 50.7 Å². The summed E-state index contributed by atoms with van der Waals surface area (Å²) in [4.78, 5) is 14.6. The Morgan fingerprint density at radius 1 is 1.40 bits per heavy atom. The van der Waals surface area contributed by atoms with Crippen LogP contribution in [-0.4, -0.2) is 46.2 Å². The van der Waals surface area contributed by atoms with Gasteiger partial charge < -0.3 is 5.32 Å². The Hall–Kier alpha value is -1.49. The van der Waals surface area contributed by atoms with Crippen LogP contribution >= 0.6 is 0 Å². The number of carbonyl (C=O) groups is 1. The van der Waals surface area contributed by atoms with Gasteiger partial charge in [-0.25, -0.2) is 0 Å². The number of nitrogens with zero attached hydrogens (tertiary/aromatic N) is 3. The van der Waals surface area contributed by atoms with Crippen molar-refractivity contribution in [2.45, 2.75) is 51.1 Å². The number of nitrogens with one attached hydrogen (secondary N) is 1. The topological polar surface area (TPSA) is 58.1 Å². The van der Waals surface area contributed by atoms with Crippen LogP contribution in [-0.2, 0) is 0 Å². The van der Waals surface area contributed by atoms with Gasteiger partial charge in [0.1, 0.15) is 0 Å². The third-order valence-corrected chi connectivity index (χ3v) is 4.24. The lowest BCUT2D eigenvalue weighted by molar-refractivity contribution is 0.0930. The monoisotopic (exact) mass is 274 g/mol. The molecule has 1 aliphatic carbocycles. The number of rotatable bonds is 4. The van der Waals surface area contributed by atoms with Crippen LogP contribution in [0, 0.1) is 0 Å². The Morgan fingerprint density at radius 2 is 2.20 bits per heavy atom. The number of hydrogen-bond acceptors (Lipinski definition) is 4. The van der Waals surface area contributed by atoms with Gasteiger partial charge in [-0.1, -0.05) is 0 Å². The van der Waals surface area contributed by atoms with E-state index < -0.39 is 0 Å². The fourth-order valence-corrected chi connectivity index (χ4v) is 2.77. The lowest BCUT2D eigenvalue weighted by atomic mass is 10.1. The average molecular weight is 274 g/mol. The highest BCUT2D eigenvalue weighted by Gasteiger charge is 2.27. The molecule has 5 nitrogen and oxygen atoms in total. The van der Waals surface area contributed by atoms with Crippen LogP contribution in [0.15, 0.2) is 12.3 Å². The third-order valence-electron chi connectivity index (χ3n) is 4.24. The molecule has 1 N–H and O–H groups in total. The number of amides is 1. The van der Waals surface area contributed by atoms with Gasteiger partial charge in [0.15, 0.2) is 5.69 Å². The van der Waals surface area contributed by atoms with Gasteiger partial charge in [0.2, 0.25) is 0 Å². The second-order valence-electron chi connectivity index (χ2n) is 6.20. The molecule has 1 aromatic rings. The Bertz CT molecular complexity index is 498. The van der Waals surface area contributed by atoms with E-state index in [-0.39, 0.29) is 11.9 Å². The summed E-state index contributed by atoms with van der Waals surface area (Å²) in [7, 11) is 0. The van der Waals surface area contributed by atoms with Gasteiger partial charge in [-0.3, -0.25) is 9.69 Å². The summed E-state index contributed by atoms with van der Waals surface area (Å²) in [5.74, 6) is 0.510. The predicted molar refractivity (Wildman–Crippen MR) is 76.6 cm³/mol. The molecule has 0 radical (unpaired) electrons. The van der Waals surface area contributed by atoms with E-state index in [4.69, 9.17) is 0 Å². The van der Waals surface area contributed by atoms with Crippen molar-refractivity contribution in [3.63, 3.8) is 0 Å². The first-order valence-electron chi connectivity index (χ1n) is 7.51. The summed E-state index contributed by atoms with van der Waals surface area (Å²) in [5, 5.41) is 11.0. The van der Waals surface area contributed by atoms with Crippen LogP contribution in [0.3, 0.4) is 0 Å². The first-order valence-corrected chi connectivity index (χ1v) is 7.51. The van der Waals surface area contributed by atoms with E-state index in [0.29, 0.717) is 17.7 Å². The normalized spacial score (nSPS) is 23.2. The quantitative estimate of drug-likeness (QED) is 0.905. The van der Waals surface area contributed by atoms with Gasteiger partial charge in [-0.2, -0.15) is 5.10 Å². The van der Waals surface area contributed by atoms with Crippen molar-refractivity contribution in [2.24, 2.45) is 0 Å². The molecule has 0 bridgehead atoms. The van der Waals surface area contributed by atoms with E-state index in [2.05, 4.69) is 34.3 Å². The molecule has 0 aromatic carbocycles. The maximum absolute atomic E-state index is 12.2. The molecule has 3 rings (SSSR count). The van der Waals surface area contributed by atoms with Gasteiger partial charge in [-0.15, -0.1) is 5.10 Å². The van der Waals surface area contributed by atoms with Crippen molar-refractivity contribution in [1.82, 2.24) is 20.4 Å². The molecule has 1 saturated heterocycles. The summed E-state index contributed by atoms with van der Waals surface area (Å²) in [6.07, 6.45) is 5.21. The van der Waals surface area contributed by atoms with Crippen molar-refractivity contribution in [2.75, 3.05) is 13.1 Å². The summed E-state index contributed by atoms with van der Waals surface area (Å²) < 4.78 is 0. The zero-order valence-electron chi connectivity index (χ0n) is 12.2. The molecule has 2 aliphatic rings. The zero-order chi connectivity index (χ0) is 14.1. The van der Waals surface area contributed by atoms with Crippen LogP contribution in [0.5, 0.6) is 0 Å². The second kappa shape index (κ2) is 5.48. The number of likely N-dealkylation sites (tertiary alicyclic amines) is 1. The van der Waals surface area contributed by atoms with Gasteiger partial charge in [0.25, 0.3) is 5.91 Å². The van der Waals surface area contributed by atoms with Crippen molar-refractivity contribution < 1.29 is 4.79 Å². The van der Waals surface area contributed by atoms with Crippen LogP contribution in [0.1, 0.15) is 55.1 Å². The molecule has 5 heteroatoms. The molecule has 1 saturated carbocycles. The Balaban J connectivity index is 1.60. The smallest absolute Gasteiger partial charge is 0.272 e. The van der Waals surface area contributed by atoms with Crippen molar-refractivity contribution >= 4 is 5.91 Å². The molecule has 1 aliphatic heterocycles. The minimum absolute atomic E-state index is 0.0874. The summed E-state index contributed by atoms with van der Waals surface area (Å²) in [6, 6.07) is 2.67. The van der Waals surface area contributed by atoms with Crippen LogP contribution in [0.4, 0.5) is 0 Å². The molecule has 1 amide bonds. The standard InChI is InChI=1S/C15H22N4O/c1-10(2)19-6-5-13(9-19)17-15(20)14-7-12(8-16-18-14)11-3-4-11/h7-8,10-11,13H,3-6,9H2,1-2H3,(H,17,20)/t13-/m1/s1. The van der Waals surface area contributed by atoms with Gasteiger partial charge in [0.05, 0.1) is 6.20 Å². The Labute approximate surface area is 119 Å². The fraction of sp³-hybridized carbons (Fsp3) is 0.667. The van der Waals surface area contributed by atoms with E-state index in [1.54, 1.807) is 6.20 Å². The average Bonchev–Trinajstić information content (AvgIpc) is 3.19. The van der Waals surface area contributed by atoms with E-state index in [0.717, 1.165) is 25.1 Å². The highest BCUT2D eigenvalue weighted by Crippen LogP contribution is 2.39. The summed E-state index contributed by atoms with van der Waals surface area (Å²) in [6.45, 7) is 6.36. The molecule has 2 fully saturated rings. The number of carbonyl (C=O) groups excluding carboxylic acids is 1. The first kappa shape index (κ1) is 13.5. The largest absolute Gasteiger partial charge is 0.347 e. The molecule has 1 atom stereocenters. The Morgan fingerprint density at radius 3 is 2.85 bits per heavy atom. The van der Waals surface area contributed by atoms with Crippen LogP contribution in [0.25, 0.3) is 0 Å². The van der Waals surface area contributed by atoms with Crippen LogP contribution < -0.4 is 5.32 Å². The SMILES string of the molecule is CC(C)N1CC[C@@H](NC(=O)c2cc(C3CC3)cnn2)C1. The lowest BCUT2D eigenvalue weighted by Gasteiger charge is -2.20. The van der Waals surface area contributed by atoms with E-state index in [1.165, 1.54) is 12.8 Å². The molecule has 108 valence electrons. The molecular weight excluding hydrogens is 252 g/mol. The summed E-state index contributed by atoms with van der Waals surface area (Å²) >= 11 is 0. The zero-order valence-corrected chi connectivity index (χ0v) is 12.2. The molecule has 0 spiro atoms. The van der Waals surface area contributed by atoms with Crippen molar-refractivity contribution in [3.05, 3.63) is 23.5 Å². The van der Waals surface area contributed by atoms with Crippen molar-refractivity contribution in [3.8, 4) is 0 Å². The van der Waals surface area contributed by atoms with E-state index >= 15 is 0 Å². The predicted octanol–water partition coefficient (Wildman–Crippen LogP) is 1.57. The van der Waals surface area contributed by atoms with Crippen molar-refractivity contribution in [1.29, 1.82) is 0 Å². The highest BCUT2D eigenvalue weighted by atomic mass is 16.2. The molecule has 0 unspecified atom stereocenters. The molecular formula is C15H22N4O. The Kier molecular flexibility index (Phi) is 3.70. The van der Waals surface area contributed by atoms with E-state index in [9.17, 15) is 4.79 Å². The minimum atomic E-state index is -0.0874. The molecule has 2 heterocycles. The molecule has 1 aromatic heterocycles. The maximum Gasteiger partial charge on any atom is 0.272 e. The minimum Gasteiger partial charge on any atom is -0.347 e. The summed E-state index contributed by atoms with van der Waals surface area (Å²) in [5.41, 5.74) is 1.61. The third kappa shape index (κ3) is 2.98. The second-order valence-corrected chi connectivity index (χ2v) is 6.20. The molecule has 20 heavy (non-hydrogen) atoms. The lowest BCUT2D eigenvalue weighted by Crippen LogP contribution is -2.38. The number of aromatic nitrogens is 2. The highest BCUT2D eigenvalue weighted by molar-refractivity contribution is 5.92. The number of hydrogen-bond donors (Lipinski definition) is 1. The maximum atomic E-state index is 12.2. The fourth-order valence-electron chi connectivity index (χ4n) is 2.77. The van der Waals surface area contributed by atoms with Gasteiger partial charge >= 0.3 is 0 Å².